The summed E-state index contributed by atoms with van der Waals surface area (Å²) in [5.41, 5.74) is 20.0. The maximum absolute atomic E-state index is 2.37. The van der Waals surface area contributed by atoms with E-state index in [-0.39, 0.29) is 0 Å². The highest BCUT2D eigenvalue weighted by atomic mass is 15.1. The quantitative estimate of drug-likeness (QED) is 0.148. The minimum atomic E-state index is -0.627. The lowest BCUT2D eigenvalue weighted by atomic mass is 9.60. The summed E-state index contributed by atoms with van der Waals surface area (Å²) in [6.45, 7) is 0. The van der Waals surface area contributed by atoms with E-state index < -0.39 is 5.41 Å². The molecule has 292 valence electrons. The van der Waals surface area contributed by atoms with Gasteiger partial charge in [0.2, 0.25) is 0 Å². The average Bonchev–Trinajstić information content (AvgIpc) is 3.36. The molecule has 1 atom stereocenters. The molecule has 1 aliphatic rings. The molecule has 1 aliphatic carbocycles. The Balaban J connectivity index is 1.01. The van der Waals surface area contributed by atoms with E-state index in [4.69, 9.17) is 0 Å². The van der Waals surface area contributed by atoms with Gasteiger partial charge < -0.3 is 4.90 Å². The van der Waals surface area contributed by atoms with Gasteiger partial charge in [-0.05, 0) is 114 Å². The van der Waals surface area contributed by atoms with Crippen molar-refractivity contribution in [2.75, 3.05) is 4.90 Å². The standard InChI is InChI=1S/C61H43N/c1-5-18-48(19-6-1)60-57-29-17-31-59(60)61(49-20-7-2-8-21-49,58-30-16-15-28-56(58)54-26-13-14-27-55(54)57)50-40-36-46(37-41-50)44-32-34-45(35-33-44)47-38-42-53(43-39-47)62(51-22-9-3-10-23-51)52-24-11-4-12-25-52/h1-43H. The van der Waals surface area contributed by atoms with E-state index in [1.165, 1.54) is 77.9 Å². The van der Waals surface area contributed by atoms with Crippen LogP contribution in [0.25, 0.3) is 55.6 Å². The predicted octanol–water partition coefficient (Wildman–Crippen LogP) is 16.2. The maximum Gasteiger partial charge on any atom is 0.0713 e. The van der Waals surface area contributed by atoms with Crippen molar-refractivity contribution >= 4 is 17.1 Å². The Morgan fingerprint density at radius 2 is 0.597 bits per heavy atom. The number of para-hydroxylation sites is 2. The molecule has 0 spiro atoms. The number of anilines is 3. The lowest BCUT2D eigenvalue weighted by Gasteiger charge is -2.41. The molecular weight excluding hydrogens is 747 g/mol. The molecule has 0 fully saturated rings. The lowest BCUT2D eigenvalue weighted by Crippen LogP contribution is -2.33. The number of benzene rings is 10. The number of rotatable bonds is 8. The molecule has 2 bridgehead atoms. The van der Waals surface area contributed by atoms with Gasteiger partial charge in [0, 0.05) is 17.1 Å². The molecule has 11 rings (SSSR count). The van der Waals surface area contributed by atoms with E-state index in [2.05, 4.69) is 266 Å². The van der Waals surface area contributed by atoms with Crippen molar-refractivity contribution in [2.24, 2.45) is 0 Å². The molecular formula is C61H43N. The SMILES string of the molecule is c1ccc(-c2c3cccc2C(c2ccccc2)(c2ccc(-c4ccc(-c5ccc(N(c6ccccc6)c6ccccc6)cc5)cc4)cc2)c2ccccc2-c2ccccc2-3)cc1. The van der Waals surface area contributed by atoms with Gasteiger partial charge in [-0.3, -0.25) is 0 Å². The highest BCUT2D eigenvalue weighted by Crippen LogP contribution is 2.56. The number of nitrogens with zero attached hydrogens (tertiary/aromatic N) is 1. The fraction of sp³-hybridized carbons (Fsp3) is 0.0164. The van der Waals surface area contributed by atoms with Gasteiger partial charge in [-0.1, -0.05) is 224 Å². The summed E-state index contributed by atoms with van der Waals surface area (Å²) in [6, 6.07) is 95.3. The van der Waals surface area contributed by atoms with Crippen LogP contribution >= 0.6 is 0 Å². The van der Waals surface area contributed by atoms with Crippen LogP contribution in [0.4, 0.5) is 17.1 Å². The summed E-state index contributed by atoms with van der Waals surface area (Å²) in [5.74, 6) is 0. The third-order valence-corrected chi connectivity index (χ3v) is 12.6. The van der Waals surface area contributed by atoms with Gasteiger partial charge in [-0.2, -0.15) is 0 Å². The van der Waals surface area contributed by atoms with Gasteiger partial charge in [0.05, 0.1) is 5.41 Å². The summed E-state index contributed by atoms with van der Waals surface area (Å²) in [6.07, 6.45) is 0. The monoisotopic (exact) mass is 789 g/mol. The first-order valence-electron chi connectivity index (χ1n) is 21.4. The Morgan fingerprint density at radius 1 is 0.226 bits per heavy atom. The van der Waals surface area contributed by atoms with E-state index in [1.54, 1.807) is 0 Å². The zero-order valence-corrected chi connectivity index (χ0v) is 34.3. The second kappa shape index (κ2) is 15.9. The van der Waals surface area contributed by atoms with Crippen LogP contribution in [-0.4, -0.2) is 0 Å². The molecule has 1 unspecified atom stereocenters. The molecule has 0 aliphatic heterocycles. The van der Waals surface area contributed by atoms with Gasteiger partial charge in [-0.15, -0.1) is 0 Å². The van der Waals surface area contributed by atoms with Crippen molar-refractivity contribution in [1.29, 1.82) is 0 Å². The summed E-state index contributed by atoms with van der Waals surface area (Å²) >= 11 is 0. The molecule has 10 aromatic carbocycles. The van der Waals surface area contributed by atoms with Crippen molar-refractivity contribution in [3.63, 3.8) is 0 Å². The van der Waals surface area contributed by atoms with Crippen LogP contribution in [0.15, 0.2) is 261 Å². The summed E-state index contributed by atoms with van der Waals surface area (Å²) in [4.78, 5) is 2.30. The topological polar surface area (TPSA) is 3.24 Å². The van der Waals surface area contributed by atoms with Crippen LogP contribution < -0.4 is 4.90 Å². The molecule has 62 heavy (non-hydrogen) atoms. The fourth-order valence-corrected chi connectivity index (χ4v) is 9.80. The Morgan fingerprint density at radius 3 is 1.16 bits per heavy atom. The average molecular weight is 790 g/mol. The number of fused-ring (bicyclic) bond motifs is 6. The molecule has 0 aromatic heterocycles. The van der Waals surface area contributed by atoms with Crippen LogP contribution in [0.1, 0.15) is 22.3 Å². The lowest BCUT2D eigenvalue weighted by molar-refractivity contribution is 0.748. The molecule has 0 radical (unpaired) electrons. The Hall–Kier alpha value is -8.00. The van der Waals surface area contributed by atoms with Gasteiger partial charge in [0.25, 0.3) is 0 Å². The smallest absolute Gasteiger partial charge is 0.0713 e. The first-order chi connectivity index (χ1) is 30.8. The molecule has 0 amide bonds. The summed E-state index contributed by atoms with van der Waals surface area (Å²) in [5, 5.41) is 0. The Labute approximate surface area is 364 Å². The van der Waals surface area contributed by atoms with E-state index >= 15 is 0 Å². The molecule has 1 nitrogen and oxygen atoms in total. The first kappa shape index (κ1) is 37.0. The highest BCUT2D eigenvalue weighted by Gasteiger charge is 2.43. The van der Waals surface area contributed by atoms with Gasteiger partial charge in [0.15, 0.2) is 0 Å². The third-order valence-electron chi connectivity index (χ3n) is 12.6. The van der Waals surface area contributed by atoms with E-state index in [0.29, 0.717) is 0 Å². The summed E-state index contributed by atoms with van der Waals surface area (Å²) < 4.78 is 0. The molecule has 0 heterocycles. The zero-order valence-electron chi connectivity index (χ0n) is 34.3. The number of hydrogen-bond donors (Lipinski definition) is 0. The van der Waals surface area contributed by atoms with Crippen LogP contribution in [0.2, 0.25) is 0 Å². The largest absolute Gasteiger partial charge is 0.311 e. The van der Waals surface area contributed by atoms with Crippen LogP contribution in [0.5, 0.6) is 0 Å². The molecule has 10 aromatic rings. The van der Waals surface area contributed by atoms with Crippen LogP contribution in [0.3, 0.4) is 0 Å². The van der Waals surface area contributed by atoms with Gasteiger partial charge in [0.1, 0.15) is 0 Å². The Bertz CT molecular complexity index is 3080. The van der Waals surface area contributed by atoms with Crippen molar-refractivity contribution in [3.05, 3.63) is 283 Å². The normalized spacial score (nSPS) is 13.9. The van der Waals surface area contributed by atoms with Crippen LogP contribution in [0, 0.1) is 0 Å². The van der Waals surface area contributed by atoms with Crippen molar-refractivity contribution < 1.29 is 0 Å². The van der Waals surface area contributed by atoms with E-state index in [1.807, 2.05) is 0 Å². The minimum absolute atomic E-state index is 0.627. The van der Waals surface area contributed by atoms with Gasteiger partial charge in [-0.25, -0.2) is 0 Å². The molecule has 0 saturated carbocycles. The molecule has 0 saturated heterocycles. The maximum atomic E-state index is 2.37. The zero-order chi connectivity index (χ0) is 41.3. The van der Waals surface area contributed by atoms with Gasteiger partial charge >= 0.3 is 0 Å². The van der Waals surface area contributed by atoms with E-state index in [9.17, 15) is 0 Å². The van der Waals surface area contributed by atoms with Crippen molar-refractivity contribution in [3.8, 4) is 55.6 Å². The van der Waals surface area contributed by atoms with Crippen molar-refractivity contribution in [2.45, 2.75) is 5.41 Å². The van der Waals surface area contributed by atoms with E-state index in [0.717, 1.165) is 17.1 Å². The second-order valence-electron chi connectivity index (χ2n) is 16.0. The van der Waals surface area contributed by atoms with Crippen LogP contribution in [-0.2, 0) is 5.41 Å². The number of hydrogen-bond acceptors (Lipinski definition) is 1. The minimum Gasteiger partial charge on any atom is -0.311 e. The summed E-state index contributed by atoms with van der Waals surface area (Å²) in [7, 11) is 0. The molecule has 0 N–H and O–H groups in total. The first-order valence-corrected chi connectivity index (χ1v) is 21.4. The predicted molar refractivity (Wildman–Crippen MR) is 260 cm³/mol. The second-order valence-corrected chi connectivity index (χ2v) is 16.0. The highest BCUT2D eigenvalue weighted by molar-refractivity contribution is 5.97. The third kappa shape index (κ3) is 6.35. The molecule has 1 heteroatoms. The fourth-order valence-electron chi connectivity index (χ4n) is 9.80. The Kier molecular flexibility index (Phi) is 9.48. The van der Waals surface area contributed by atoms with Crippen molar-refractivity contribution in [1.82, 2.24) is 0 Å².